The molecule has 1 aliphatic rings. The molecule has 0 amide bonds. The number of piperidine rings is 1. The van der Waals surface area contributed by atoms with Crippen LogP contribution in [-0.2, 0) is 0 Å². The van der Waals surface area contributed by atoms with Crippen molar-refractivity contribution < 1.29 is 0 Å². The smallest absolute Gasteiger partial charge is 0.136 e. The van der Waals surface area contributed by atoms with Crippen LogP contribution >= 0.6 is 0 Å². The van der Waals surface area contributed by atoms with Crippen LogP contribution in [0, 0.1) is 0 Å². The van der Waals surface area contributed by atoms with E-state index in [2.05, 4.69) is 39.6 Å². The van der Waals surface area contributed by atoms with Crippen molar-refractivity contribution in [2.24, 2.45) is 0 Å². The molecule has 0 bridgehead atoms. The van der Waals surface area contributed by atoms with E-state index >= 15 is 0 Å². The van der Waals surface area contributed by atoms with Gasteiger partial charge in [0.1, 0.15) is 5.65 Å². The second-order valence-corrected chi connectivity index (χ2v) is 4.60. The maximum absolute atomic E-state index is 4.48. The zero-order chi connectivity index (χ0) is 11.7. The molecule has 0 saturated carbocycles. The summed E-state index contributed by atoms with van der Waals surface area (Å²) in [6.07, 6.45) is 8.44. The molecule has 0 atom stereocenters. The van der Waals surface area contributed by atoms with E-state index in [9.17, 15) is 0 Å². The number of aromatic nitrogens is 2. The lowest BCUT2D eigenvalue weighted by Gasteiger charge is -2.22. The first kappa shape index (κ1) is 10.5. The van der Waals surface area contributed by atoms with Gasteiger partial charge in [-0.2, -0.15) is 0 Å². The Hall–Kier alpha value is -1.61. The summed E-state index contributed by atoms with van der Waals surface area (Å²) in [5.41, 5.74) is 3.51. The van der Waals surface area contributed by atoms with Crippen molar-refractivity contribution in [1.29, 1.82) is 0 Å². The highest BCUT2D eigenvalue weighted by Gasteiger charge is 2.18. The van der Waals surface area contributed by atoms with Crippen molar-refractivity contribution in [1.82, 2.24) is 14.7 Å². The zero-order valence-corrected chi connectivity index (χ0v) is 9.89. The van der Waals surface area contributed by atoms with Gasteiger partial charge in [-0.15, -0.1) is 0 Å². The summed E-state index contributed by atoms with van der Waals surface area (Å²) in [7, 11) is 0. The minimum Gasteiger partial charge on any atom is -0.317 e. The third kappa shape index (κ3) is 1.87. The van der Waals surface area contributed by atoms with Gasteiger partial charge in [-0.25, -0.2) is 4.98 Å². The Morgan fingerprint density at radius 2 is 2.18 bits per heavy atom. The van der Waals surface area contributed by atoms with Crippen LogP contribution in [0.3, 0.4) is 0 Å². The van der Waals surface area contributed by atoms with E-state index < -0.39 is 0 Å². The fourth-order valence-corrected chi connectivity index (χ4v) is 2.56. The number of imidazole rings is 1. The molecule has 1 fully saturated rings. The van der Waals surface area contributed by atoms with Gasteiger partial charge in [-0.1, -0.05) is 12.7 Å². The molecular weight excluding hydrogens is 210 g/mol. The van der Waals surface area contributed by atoms with Crippen molar-refractivity contribution in [3.05, 3.63) is 42.4 Å². The normalized spacial score (nSPS) is 17.4. The highest BCUT2D eigenvalue weighted by molar-refractivity contribution is 5.51. The molecule has 1 aliphatic heterocycles. The molecule has 0 aromatic carbocycles. The van der Waals surface area contributed by atoms with Gasteiger partial charge in [-0.05, 0) is 43.6 Å². The molecule has 2 aromatic heterocycles. The molecule has 0 radical (unpaired) electrons. The van der Waals surface area contributed by atoms with Gasteiger partial charge < -0.3 is 9.72 Å². The Bertz CT molecular complexity index is 535. The van der Waals surface area contributed by atoms with E-state index in [0.29, 0.717) is 5.92 Å². The maximum atomic E-state index is 4.48. The summed E-state index contributed by atoms with van der Waals surface area (Å²) in [5, 5.41) is 3.40. The summed E-state index contributed by atoms with van der Waals surface area (Å²) in [6, 6.07) is 4.11. The molecule has 88 valence electrons. The van der Waals surface area contributed by atoms with Gasteiger partial charge in [0, 0.05) is 24.0 Å². The molecule has 1 saturated heterocycles. The molecular formula is C14H17N3. The average molecular weight is 227 g/mol. The highest BCUT2D eigenvalue weighted by atomic mass is 15.0. The van der Waals surface area contributed by atoms with Crippen molar-refractivity contribution in [2.75, 3.05) is 13.1 Å². The number of rotatable bonds is 2. The van der Waals surface area contributed by atoms with E-state index in [4.69, 9.17) is 0 Å². The van der Waals surface area contributed by atoms with E-state index in [1.165, 1.54) is 18.5 Å². The molecule has 3 heteroatoms. The predicted octanol–water partition coefficient (Wildman–Crippen LogP) is 2.44. The summed E-state index contributed by atoms with van der Waals surface area (Å²) < 4.78 is 2.22. The average Bonchev–Trinajstić information content (AvgIpc) is 2.82. The quantitative estimate of drug-likeness (QED) is 0.854. The fourth-order valence-electron chi connectivity index (χ4n) is 2.56. The Balaban J connectivity index is 2.05. The van der Waals surface area contributed by atoms with E-state index in [1.54, 1.807) is 0 Å². The van der Waals surface area contributed by atoms with Crippen molar-refractivity contribution in [2.45, 2.75) is 18.8 Å². The zero-order valence-electron chi connectivity index (χ0n) is 9.89. The lowest BCUT2D eigenvalue weighted by molar-refractivity contribution is 0.451. The Labute approximate surface area is 101 Å². The van der Waals surface area contributed by atoms with Crippen LogP contribution in [-0.4, -0.2) is 22.5 Å². The largest absolute Gasteiger partial charge is 0.317 e. The minimum atomic E-state index is 0.631. The first-order valence-corrected chi connectivity index (χ1v) is 6.18. The Morgan fingerprint density at radius 3 is 2.94 bits per heavy atom. The summed E-state index contributed by atoms with van der Waals surface area (Å²) in [6.45, 7) is 6.04. The Morgan fingerprint density at radius 1 is 1.35 bits per heavy atom. The Kier molecular flexibility index (Phi) is 2.69. The molecule has 3 heterocycles. The predicted molar refractivity (Wildman–Crippen MR) is 70.1 cm³/mol. The van der Waals surface area contributed by atoms with Crippen LogP contribution in [0.25, 0.3) is 11.7 Å². The summed E-state index contributed by atoms with van der Waals surface area (Å²) in [4.78, 5) is 4.48. The molecule has 3 rings (SSSR count). The minimum absolute atomic E-state index is 0.631. The van der Waals surface area contributed by atoms with Crippen LogP contribution in [0.15, 0.2) is 31.1 Å². The first-order valence-electron chi connectivity index (χ1n) is 6.18. The van der Waals surface area contributed by atoms with Crippen molar-refractivity contribution in [3.63, 3.8) is 0 Å². The lowest BCUT2D eigenvalue weighted by Crippen LogP contribution is -2.27. The van der Waals surface area contributed by atoms with Crippen LogP contribution in [0.1, 0.15) is 30.0 Å². The molecule has 17 heavy (non-hydrogen) atoms. The third-order valence-corrected chi connectivity index (χ3v) is 3.55. The SMILES string of the molecule is C=Cc1ccc2ncc(C3CCNCC3)n2c1. The van der Waals surface area contributed by atoms with Crippen LogP contribution in [0.4, 0.5) is 0 Å². The standard InChI is InChI=1S/C14H17N3/c1-2-11-3-4-14-16-9-13(17(14)10-11)12-5-7-15-8-6-12/h2-4,9-10,12,15H,1,5-8H2. The topological polar surface area (TPSA) is 29.3 Å². The van der Waals surface area contributed by atoms with Gasteiger partial charge in [0.25, 0.3) is 0 Å². The summed E-state index contributed by atoms with van der Waals surface area (Å²) in [5.74, 6) is 0.631. The van der Waals surface area contributed by atoms with Gasteiger partial charge in [-0.3, -0.25) is 0 Å². The fraction of sp³-hybridized carbons (Fsp3) is 0.357. The highest BCUT2D eigenvalue weighted by Crippen LogP contribution is 2.26. The number of fused-ring (bicyclic) bond motifs is 1. The van der Waals surface area contributed by atoms with Crippen molar-refractivity contribution >= 4 is 11.7 Å². The molecule has 0 unspecified atom stereocenters. The third-order valence-electron chi connectivity index (χ3n) is 3.55. The van der Waals surface area contributed by atoms with E-state index in [1.807, 2.05) is 12.3 Å². The van der Waals surface area contributed by atoms with Crippen LogP contribution < -0.4 is 5.32 Å². The van der Waals surface area contributed by atoms with Crippen LogP contribution in [0.2, 0.25) is 0 Å². The number of nitrogens with zero attached hydrogens (tertiary/aromatic N) is 2. The molecule has 3 nitrogen and oxygen atoms in total. The molecule has 0 aliphatic carbocycles. The van der Waals surface area contributed by atoms with Gasteiger partial charge in [0.05, 0.1) is 0 Å². The van der Waals surface area contributed by atoms with Crippen molar-refractivity contribution in [3.8, 4) is 0 Å². The molecule has 2 aromatic rings. The van der Waals surface area contributed by atoms with Gasteiger partial charge in [0.15, 0.2) is 0 Å². The van der Waals surface area contributed by atoms with Gasteiger partial charge >= 0.3 is 0 Å². The lowest BCUT2D eigenvalue weighted by atomic mass is 9.95. The maximum Gasteiger partial charge on any atom is 0.136 e. The number of hydrogen-bond donors (Lipinski definition) is 1. The van der Waals surface area contributed by atoms with Gasteiger partial charge in [0.2, 0.25) is 0 Å². The van der Waals surface area contributed by atoms with E-state index in [0.717, 1.165) is 24.3 Å². The van der Waals surface area contributed by atoms with E-state index in [-0.39, 0.29) is 0 Å². The second-order valence-electron chi connectivity index (χ2n) is 4.60. The summed E-state index contributed by atoms with van der Waals surface area (Å²) >= 11 is 0. The number of hydrogen-bond acceptors (Lipinski definition) is 2. The molecule has 0 spiro atoms. The monoisotopic (exact) mass is 227 g/mol. The molecule has 1 N–H and O–H groups in total. The van der Waals surface area contributed by atoms with Crippen LogP contribution in [0.5, 0.6) is 0 Å². The second kappa shape index (κ2) is 4.34. The number of nitrogens with one attached hydrogen (secondary N) is 1. The number of pyridine rings is 1. The first-order chi connectivity index (χ1) is 8.38.